The Bertz CT molecular complexity index is 161. The van der Waals surface area contributed by atoms with Gasteiger partial charge >= 0.3 is 0 Å². The Kier molecular flexibility index (Phi) is 7.65. The molecule has 0 aromatic rings. The van der Waals surface area contributed by atoms with Gasteiger partial charge in [0.15, 0.2) is 0 Å². The second-order valence-corrected chi connectivity index (χ2v) is 3.18. The van der Waals surface area contributed by atoms with Gasteiger partial charge in [-0.05, 0) is 33.7 Å². The van der Waals surface area contributed by atoms with Gasteiger partial charge < -0.3 is 5.11 Å². The van der Waals surface area contributed by atoms with Crippen molar-refractivity contribution in [3.63, 3.8) is 0 Å². The van der Waals surface area contributed by atoms with E-state index in [2.05, 4.69) is 18.2 Å². The highest BCUT2D eigenvalue weighted by atomic mass is 16.3. The molecule has 0 aliphatic heterocycles. The normalized spacial score (nSPS) is 14.8. The van der Waals surface area contributed by atoms with Crippen molar-refractivity contribution >= 4 is 0 Å². The highest BCUT2D eigenvalue weighted by molar-refractivity contribution is 4.91. The van der Waals surface area contributed by atoms with Crippen LogP contribution in [0.25, 0.3) is 0 Å². The molecule has 0 radical (unpaired) electrons. The molecule has 0 bridgehead atoms. The Labute approximate surface area is 81.6 Å². The lowest BCUT2D eigenvalue weighted by Gasteiger charge is -2.18. The summed E-state index contributed by atoms with van der Waals surface area (Å²) in [5, 5.41) is 9.15. The predicted octanol–water partition coefficient (Wildman–Crippen LogP) is 2.17. The van der Waals surface area contributed by atoms with Gasteiger partial charge in [-0.25, -0.2) is 0 Å². The molecule has 0 spiro atoms. The summed E-state index contributed by atoms with van der Waals surface area (Å²) >= 11 is 0. The Morgan fingerprint density at radius 3 is 2.54 bits per heavy atom. The van der Waals surface area contributed by atoms with E-state index in [1.807, 2.05) is 24.9 Å². The van der Waals surface area contributed by atoms with Gasteiger partial charge in [0.25, 0.3) is 0 Å². The summed E-state index contributed by atoms with van der Waals surface area (Å²) in [6.07, 6.45) is 10.1. The molecule has 0 amide bonds. The van der Waals surface area contributed by atoms with E-state index in [4.69, 9.17) is 5.11 Å². The van der Waals surface area contributed by atoms with Crippen LogP contribution >= 0.6 is 0 Å². The van der Waals surface area contributed by atoms with E-state index in [0.717, 1.165) is 19.4 Å². The van der Waals surface area contributed by atoms with E-state index in [1.54, 1.807) is 6.92 Å². The summed E-state index contributed by atoms with van der Waals surface area (Å²) in [4.78, 5) is 1.92. The van der Waals surface area contributed by atoms with Gasteiger partial charge in [0.1, 0.15) is 6.23 Å². The number of allylic oxidation sites excluding steroid dienone is 3. The molecule has 76 valence electrons. The number of hydrogen-bond acceptors (Lipinski definition) is 2. The van der Waals surface area contributed by atoms with Gasteiger partial charge in [-0.2, -0.15) is 0 Å². The van der Waals surface area contributed by atoms with Gasteiger partial charge in [0.2, 0.25) is 0 Å². The van der Waals surface area contributed by atoms with E-state index < -0.39 is 0 Å². The summed E-state index contributed by atoms with van der Waals surface area (Å²) < 4.78 is 0. The standard InChI is InChI=1S/C11H21NO/c1-4-5-6-7-8-9-10-12(3)11(2)13/h4-5,7-8,11,13H,6,9-10H2,1-3H3/b5-4+,8-7+. The molecule has 1 unspecified atom stereocenters. The molecule has 13 heavy (non-hydrogen) atoms. The fourth-order valence-electron chi connectivity index (χ4n) is 0.894. The Balaban J connectivity index is 3.38. The largest absolute Gasteiger partial charge is 0.379 e. The van der Waals surface area contributed by atoms with Crippen molar-refractivity contribution in [3.05, 3.63) is 24.3 Å². The third kappa shape index (κ3) is 7.75. The molecule has 1 atom stereocenters. The monoisotopic (exact) mass is 183 g/mol. The van der Waals surface area contributed by atoms with Crippen molar-refractivity contribution in [2.24, 2.45) is 0 Å². The molecular weight excluding hydrogens is 162 g/mol. The van der Waals surface area contributed by atoms with Crippen LogP contribution in [0.15, 0.2) is 24.3 Å². The van der Waals surface area contributed by atoms with E-state index in [9.17, 15) is 0 Å². The quantitative estimate of drug-likeness (QED) is 0.504. The number of aliphatic hydroxyl groups excluding tert-OH is 1. The maximum Gasteiger partial charge on any atom is 0.104 e. The summed E-state index contributed by atoms with van der Waals surface area (Å²) in [7, 11) is 1.92. The van der Waals surface area contributed by atoms with Crippen molar-refractivity contribution in [1.29, 1.82) is 0 Å². The molecular formula is C11H21NO. The molecule has 0 heterocycles. The summed E-state index contributed by atoms with van der Waals surface area (Å²) in [5.41, 5.74) is 0. The van der Waals surface area contributed by atoms with Gasteiger partial charge in [0.05, 0.1) is 0 Å². The van der Waals surface area contributed by atoms with Crippen molar-refractivity contribution in [2.45, 2.75) is 32.9 Å². The van der Waals surface area contributed by atoms with Crippen LogP contribution in [-0.2, 0) is 0 Å². The zero-order valence-corrected chi connectivity index (χ0v) is 8.90. The molecule has 2 nitrogen and oxygen atoms in total. The fourth-order valence-corrected chi connectivity index (χ4v) is 0.894. The third-order valence-electron chi connectivity index (χ3n) is 1.96. The second-order valence-electron chi connectivity index (χ2n) is 3.18. The molecule has 0 saturated carbocycles. The fraction of sp³-hybridized carbons (Fsp3) is 0.636. The molecule has 1 N–H and O–H groups in total. The third-order valence-corrected chi connectivity index (χ3v) is 1.96. The maximum absolute atomic E-state index is 9.15. The minimum atomic E-state index is -0.344. The molecule has 0 aliphatic carbocycles. The van der Waals surface area contributed by atoms with E-state index in [-0.39, 0.29) is 6.23 Å². The van der Waals surface area contributed by atoms with Crippen LogP contribution in [0.1, 0.15) is 26.7 Å². The van der Waals surface area contributed by atoms with E-state index >= 15 is 0 Å². The van der Waals surface area contributed by atoms with E-state index in [0.29, 0.717) is 0 Å². The topological polar surface area (TPSA) is 23.5 Å². The summed E-state index contributed by atoms with van der Waals surface area (Å²) in [5.74, 6) is 0. The average molecular weight is 183 g/mol. The Hall–Kier alpha value is -0.600. The molecule has 0 saturated heterocycles. The van der Waals surface area contributed by atoms with Gasteiger partial charge in [0, 0.05) is 6.54 Å². The lowest BCUT2D eigenvalue weighted by atomic mass is 10.3. The minimum absolute atomic E-state index is 0.344. The Morgan fingerprint density at radius 2 is 2.00 bits per heavy atom. The van der Waals surface area contributed by atoms with Crippen LogP contribution in [0.4, 0.5) is 0 Å². The molecule has 0 fully saturated rings. The first-order valence-electron chi connectivity index (χ1n) is 4.83. The number of nitrogens with zero attached hydrogens (tertiary/aromatic N) is 1. The molecule has 2 heteroatoms. The van der Waals surface area contributed by atoms with Gasteiger partial charge in [-0.15, -0.1) is 0 Å². The predicted molar refractivity (Wildman–Crippen MR) is 57.5 cm³/mol. The highest BCUT2D eigenvalue weighted by Gasteiger charge is 2.01. The molecule has 0 aromatic carbocycles. The van der Waals surface area contributed by atoms with Crippen molar-refractivity contribution < 1.29 is 5.11 Å². The van der Waals surface area contributed by atoms with Crippen LogP contribution < -0.4 is 0 Å². The lowest BCUT2D eigenvalue weighted by Crippen LogP contribution is -2.29. The van der Waals surface area contributed by atoms with E-state index in [1.165, 1.54) is 0 Å². The zero-order chi connectivity index (χ0) is 10.1. The first kappa shape index (κ1) is 12.4. The SMILES string of the molecule is C/C=C/C/C=C/CCN(C)C(C)O. The van der Waals surface area contributed by atoms with Crippen LogP contribution in [0.5, 0.6) is 0 Å². The molecule has 0 aliphatic rings. The van der Waals surface area contributed by atoms with Crippen LogP contribution in [-0.4, -0.2) is 29.8 Å². The van der Waals surface area contributed by atoms with Crippen molar-refractivity contribution in [1.82, 2.24) is 4.90 Å². The second kappa shape index (κ2) is 8.02. The molecule has 0 rings (SSSR count). The summed E-state index contributed by atoms with van der Waals surface area (Å²) in [6.45, 7) is 4.71. The average Bonchev–Trinajstić information content (AvgIpc) is 2.10. The molecule has 0 aromatic heterocycles. The smallest absolute Gasteiger partial charge is 0.104 e. The highest BCUT2D eigenvalue weighted by Crippen LogP contribution is 1.95. The number of aliphatic hydroxyl groups is 1. The van der Waals surface area contributed by atoms with Crippen molar-refractivity contribution in [3.8, 4) is 0 Å². The minimum Gasteiger partial charge on any atom is -0.379 e. The Morgan fingerprint density at radius 1 is 1.31 bits per heavy atom. The first-order valence-corrected chi connectivity index (χ1v) is 4.83. The maximum atomic E-state index is 9.15. The number of hydrogen-bond donors (Lipinski definition) is 1. The lowest BCUT2D eigenvalue weighted by molar-refractivity contribution is 0.0398. The van der Waals surface area contributed by atoms with Crippen LogP contribution in [0.2, 0.25) is 0 Å². The zero-order valence-electron chi connectivity index (χ0n) is 8.90. The van der Waals surface area contributed by atoms with Crippen LogP contribution in [0.3, 0.4) is 0 Å². The number of rotatable bonds is 6. The first-order chi connectivity index (χ1) is 6.18. The van der Waals surface area contributed by atoms with Gasteiger partial charge in [-0.3, -0.25) is 4.90 Å². The van der Waals surface area contributed by atoms with Crippen molar-refractivity contribution in [2.75, 3.05) is 13.6 Å². The van der Waals surface area contributed by atoms with Gasteiger partial charge in [-0.1, -0.05) is 24.3 Å². The van der Waals surface area contributed by atoms with Crippen LogP contribution in [0, 0.1) is 0 Å². The summed E-state index contributed by atoms with van der Waals surface area (Å²) in [6, 6.07) is 0.